The first-order chi connectivity index (χ1) is 16.8. The summed E-state index contributed by atoms with van der Waals surface area (Å²) < 4.78 is 12.7. The van der Waals surface area contributed by atoms with Crippen molar-refractivity contribution in [1.29, 1.82) is 0 Å². The number of nitrogens with zero attached hydrogens (tertiary/aromatic N) is 3. The molecule has 2 fully saturated rings. The predicted octanol–water partition coefficient (Wildman–Crippen LogP) is 2.62. The minimum absolute atomic E-state index is 0.120. The fraction of sp³-hybridized carbons (Fsp3) is 0.462. The molecule has 184 valence electrons. The number of amides is 2. The molecule has 1 saturated carbocycles. The number of fused-ring (bicyclic) bond motifs is 3. The Morgan fingerprint density at radius 3 is 2.60 bits per heavy atom. The zero-order valence-corrected chi connectivity index (χ0v) is 20.2. The molecule has 0 N–H and O–H groups in total. The molecule has 2 amide bonds. The Morgan fingerprint density at radius 1 is 1.14 bits per heavy atom. The van der Waals surface area contributed by atoms with E-state index < -0.39 is 18.2 Å². The van der Waals surface area contributed by atoms with Crippen LogP contribution in [0.15, 0.2) is 30.3 Å². The first-order valence-electron chi connectivity index (χ1n) is 11.9. The lowest BCUT2D eigenvalue weighted by molar-refractivity contribution is -0.156. The van der Waals surface area contributed by atoms with Gasteiger partial charge in [0.15, 0.2) is 6.61 Å². The number of carbonyl (C=O) groups is 4. The van der Waals surface area contributed by atoms with Crippen LogP contribution in [0.4, 0.5) is 5.69 Å². The number of rotatable bonds is 8. The molecule has 1 saturated heterocycles. The molecule has 1 unspecified atom stereocenters. The van der Waals surface area contributed by atoms with Gasteiger partial charge in [-0.1, -0.05) is 12.1 Å². The summed E-state index contributed by atoms with van der Waals surface area (Å²) in [4.78, 5) is 56.2. The summed E-state index contributed by atoms with van der Waals surface area (Å²) in [5.74, 6) is -1.58. The predicted molar refractivity (Wildman–Crippen MR) is 126 cm³/mol. The number of anilines is 1. The van der Waals surface area contributed by atoms with E-state index in [1.165, 1.54) is 9.80 Å². The number of aryl methyl sites for hydroxylation is 1. The van der Waals surface area contributed by atoms with Crippen molar-refractivity contribution in [2.75, 3.05) is 25.2 Å². The molecule has 3 heterocycles. The number of carbonyl (C=O) groups excluding carboxylic acids is 4. The molecule has 1 aliphatic carbocycles. The summed E-state index contributed by atoms with van der Waals surface area (Å²) in [6, 6.07) is 8.49. The van der Waals surface area contributed by atoms with Gasteiger partial charge in [0.1, 0.15) is 0 Å². The zero-order valence-electron chi connectivity index (χ0n) is 20.2. The van der Waals surface area contributed by atoms with Gasteiger partial charge in [-0.2, -0.15) is 0 Å². The van der Waals surface area contributed by atoms with Crippen LogP contribution in [-0.2, 0) is 25.6 Å². The van der Waals surface area contributed by atoms with Gasteiger partial charge in [0.2, 0.25) is 17.4 Å². The summed E-state index contributed by atoms with van der Waals surface area (Å²) in [5, 5.41) is 0. The topological polar surface area (TPSA) is 98.1 Å². The first kappa shape index (κ1) is 23.3. The molecular formula is C26H29N3O6. The van der Waals surface area contributed by atoms with E-state index >= 15 is 0 Å². The van der Waals surface area contributed by atoms with Gasteiger partial charge in [-0.3, -0.25) is 19.3 Å². The van der Waals surface area contributed by atoms with Gasteiger partial charge in [-0.05, 0) is 44.9 Å². The second-order valence-corrected chi connectivity index (χ2v) is 9.40. The van der Waals surface area contributed by atoms with Crippen molar-refractivity contribution in [3.8, 4) is 0 Å². The third-order valence-corrected chi connectivity index (χ3v) is 7.27. The third-order valence-electron chi connectivity index (χ3n) is 7.27. The summed E-state index contributed by atoms with van der Waals surface area (Å²) in [6.45, 7) is 4.41. The van der Waals surface area contributed by atoms with Gasteiger partial charge < -0.3 is 18.9 Å². The van der Waals surface area contributed by atoms with E-state index in [-0.39, 0.29) is 36.5 Å². The van der Waals surface area contributed by atoms with Crippen molar-refractivity contribution in [3.05, 3.63) is 52.8 Å². The van der Waals surface area contributed by atoms with Gasteiger partial charge >= 0.3 is 5.97 Å². The number of aromatic nitrogens is 1. The summed E-state index contributed by atoms with van der Waals surface area (Å²) in [6.07, 6.45) is 1.78. The van der Waals surface area contributed by atoms with Gasteiger partial charge in [0, 0.05) is 49.5 Å². The molecule has 1 aromatic heterocycles. The number of ketones is 1. The van der Waals surface area contributed by atoms with E-state index in [9.17, 15) is 19.2 Å². The normalized spacial score (nSPS) is 21.2. The van der Waals surface area contributed by atoms with Crippen LogP contribution in [0, 0.1) is 13.8 Å². The van der Waals surface area contributed by atoms with E-state index in [1.54, 1.807) is 37.4 Å². The molecule has 9 nitrogen and oxygen atoms in total. The summed E-state index contributed by atoms with van der Waals surface area (Å²) >= 11 is 0. The standard InChI is InChI=1S/C26H29N3O6/c1-16-14-20(17(2)27(16)12-13-34-3)22(30)15-35-25(33)26-11-10-23(31)29(26)21-7-5-4-6-19(21)24(32)28(26)18-8-9-18/h4-7,14,18H,8-13,15H2,1-3H3. The minimum atomic E-state index is -1.56. The van der Waals surface area contributed by atoms with Crippen LogP contribution in [0.2, 0.25) is 0 Å². The Bertz CT molecular complexity index is 1230. The van der Waals surface area contributed by atoms with Crippen LogP contribution in [0.3, 0.4) is 0 Å². The average Bonchev–Trinajstić information content (AvgIpc) is 3.56. The maximum absolute atomic E-state index is 13.7. The van der Waals surface area contributed by atoms with Crippen LogP contribution in [0.5, 0.6) is 0 Å². The van der Waals surface area contributed by atoms with E-state index in [1.807, 2.05) is 18.4 Å². The fourth-order valence-electron chi connectivity index (χ4n) is 5.45. The van der Waals surface area contributed by atoms with Crippen molar-refractivity contribution in [3.63, 3.8) is 0 Å². The van der Waals surface area contributed by atoms with E-state index in [0.29, 0.717) is 30.0 Å². The highest BCUT2D eigenvalue weighted by Gasteiger charge is 2.64. The lowest BCUT2D eigenvalue weighted by Crippen LogP contribution is -2.69. The van der Waals surface area contributed by atoms with Gasteiger partial charge in [-0.25, -0.2) is 4.79 Å². The number of esters is 1. The highest BCUT2D eigenvalue weighted by atomic mass is 16.5. The van der Waals surface area contributed by atoms with E-state index in [0.717, 1.165) is 24.2 Å². The Labute approximate surface area is 203 Å². The summed E-state index contributed by atoms with van der Waals surface area (Å²) in [5.41, 5.74) is 1.43. The number of Topliss-reactive ketones (excluding diaryl/α,β-unsaturated/α-hetero) is 1. The van der Waals surface area contributed by atoms with Crippen LogP contribution in [0.25, 0.3) is 0 Å². The Morgan fingerprint density at radius 2 is 1.89 bits per heavy atom. The number of benzene rings is 1. The van der Waals surface area contributed by atoms with Crippen molar-refractivity contribution in [1.82, 2.24) is 9.47 Å². The molecule has 0 bridgehead atoms. The minimum Gasteiger partial charge on any atom is -0.454 e. The fourth-order valence-corrected chi connectivity index (χ4v) is 5.45. The molecule has 35 heavy (non-hydrogen) atoms. The van der Waals surface area contributed by atoms with Gasteiger partial charge in [0.05, 0.1) is 17.9 Å². The molecule has 0 radical (unpaired) electrons. The molecule has 3 aliphatic rings. The monoisotopic (exact) mass is 479 g/mol. The first-order valence-corrected chi connectivity index (χ1v) is 11.9. The van der Waals surface area contributed by atoms with Crippen LogP contribution >= 0.6 is 0 Å². The number of methoxy groups -OCH3 is 1. The van der Waals surface area contributed by atoms with Crippen molar-refractivity contribution >= 4 is 29.3 Å². The number of hydrogen-bond acceptors (Lipinski definition) is 6. The number of para-hydroxylation sites is 1. The van der Waals surface area contributed by atoms with Gasteiger partial charge in [0.25, 0.3) is 5.91 Å². The second-order valence-electron chi connectivity index (χ2n) is 9.40. The Hall–Kier alpha value is -3.46. The van der Waals surface area contributed by atoms with Crippen LogP contribution in [0.1, 0.15) is 57.8 Å². The second kappa shape index (κ2) is 8.64. The SMILES string of the molecule is COCCn1c(C)cc(C(=O)COC(=O)C23CCC(=O)N2c2ccccc2C(=O)N3C2CC2)c1C. The molecule has 5 rings (SSSR count). The quantitative estimate of drug-likeness (QED) is 0.427. The van der Waals surface area contributed by atoms with E-state index in [4.69, 9.17) is 9.47 Å². The van der Waals surface area contributed by atoms with Crippen molar-refractivity contribution < 1.29 is 28.7 Å². The Kier molecular flexibility index (Phi) is 5.75. The smallest absolute Gasteiger partial charge is 0.354 e. The zero-order chi connectivity index (χ0) is 24.9. The summed E-state index contributed by atoms with van der Waals surface area (Å²) in [7, 11) is 1.62. The highest BCUT2D eigenvalue weighted by molar-refractivity contribution is 6.16. The Balaban J connectivity index is 1.43. The van der Waals surface area contributed by atoms with Crippen LogP contribution < -0.4 is 4.90 Å². The lowest BCUT2D eigenvalue weighted by Gasteiger charge is -2.48. The molecule has 9 heteroatoms. The molecular weight excluding hydrogens is 450 g/mol. The molecule has 1 aromatic carbocycles. The number of hydrogen-bond donors (Lipinski definition) is 0. The maximum atomic E-state index is 13.7. The largest absolute Gasteiger partial charge is 0.454 e. The van der Waals surface area contributed by atoms with Crippen LogP contribution in [-0.4, -0.2) is 65.1 Å². The van der Waals surface area contributed by atoms with E-state index in [2.05, 4.69) is 0 Å². The maximum Gasteiger partial charge on any atom is 0.354 e. The number of ether oxygens (including phenoxy) is 2. The average molecular weight is 480 g/mol. The van der Waals surface area contributed by atoms with Crippen molar-refractivity contribution in [2.45, 2.75) is 57.8 Å². The van der Waals surface area contributed by atoms with Gasteiger partial charge in [-0.15, -0.1) is 0 Å². The lowest BCUT2D eigenvalue weighted by atomic mass is 9.96. The molecule has 2 aliphatic heterocycles. The molecule has 1 atom stereocenters. The highest BCUT2D eigenvalue weighted by Crippen LogP contribution is 2.49. The molecule has 2 aromatic rings. The van der Waals surface area contributed by atoms with Crippen molar-refractivity contribution in [2.24, 2.45) is 0 Å². The molecule has 0 spiro atoms. The third kappa shape index (κ3) is 3.56.